The summed E-state index contributed by atoms with van der Waals surface area (Å²) in [7, 11) is 1.37. The smallest absolute Gasteiger partial charge is 0.499 e. The van der Waals surface area contributed by atoms with E-state index < -0.39 is 57.1 Å². The molecular formula is C57H64B3Br3O24. The maximum absolute atomic E-state index is 11.3. The maximum Gasteiger partial charge on any atom is 0.499 e. The number of rotatable bonds is 18. The summed E-state index contributed by atoms with van der Waals surface area (Å²) in [5.41, 5.74) is 4.05. The quantitative estimate of drug-likeness (QED) is 0.0274. The highest BCUT2D eigenvalue weighted by Gasteiger charge is 2.53. The highest BCUT2D eigenvalue weighted by molar-refractivity contribution is 9.11. The van der Waals surface area contributed by atoms with Gasteiger partial charge in [0.1, 0.15) is 35.0 Å². The fraction of sp³-hybridized carbons (Fsp3) is 0.333. The van der Waals surface area contributed by atoms with E-state index in [1.54, 1.807) is 72.8 Å². The zero-order valence-corrected chi connectivity index (χ0v) is 53.3. The van der Waals surface area contributed by atoms with E-state index in [-0.39, 0.29) is 31.1 Å². The van der Waals surface area contributed by atoms with Gasteiger partial charge in [-0.05, 0) is 114 Å². The lowest BCUT2D eigenvalue weighted by molar-refractivity contribution is -0.191. The Balaban J connectivity index is 0.000000360. The molecule has 0 aliphatic carbocycles. The number of benzene rings is 5. The van der Waals surface area contributed by atoms with Crippen molar-refractivity contribution < 1.29 is 115 Å². The second-order valence-electron chi connectivity index (χ2n) is 18.3. The number of phenols is 1. The average molecular weight is 1410 g/mol. The van der Waals surface area contributed by atoms with Crippen LogP contribution in [0.3, 0.4) is 0 Å². The monoisotopic (exact) mass is 1400 g/mol. The molecule has 30 heteroatoms. The van der Waals surface area contributed by atoms with E-state index in [2.05, 4.69) is 62.0 Å². The lowest BCUT2D eigenvalue weighted by Gasteiger charge is -2.32. The standard InChI is InChI=1S/C15H21BO4.C10H11BO5.C10H9BrO4.C9H9BO5.C7H5BrO2.C5H9BrO2.CO2/c1-6-18-12-9-7-8-11(10-17)13(12)16-19-14(2,3)15(4,5)20-16;1-14-9(12)6-15-8-4-2-3-7-5-16-11(13)10(7)8;1-14-9(13)6-15-8-4-2-3-7(5-12)10(8)11;11-8(12)5-14-7-3-1-2-6-4-15-10(13)9(6)7;8-7-5(4-9)2-1-3-6(7)10;1-8-5(7)3-2-4-6;2-1-3/h7-10H,6H2,1-5H3;2-4,13H,5-6H2,1H3;2-5H,6H2,1H3;1-3,13H,4-5H2,(H,11,12);1-4,10H;2-4H2,1H3;. The third-order valence-corrected chi connectivity index (χ3v) is 14.4. The number of hydrogen-bond donors (Lipinski definition) is 4. The van der Waals surface area contributed by atoms with Crippen LogP contribution in [0.5, 0.6) is 28.7 Å². The Labute approximate surface area is 528 Å². The van der Waals surface area contributed by atoms with Gasteiger partial charge in [-0.2, -0.15) is 9.59 Å². The van der Waals surface area contributed by atoms with Gasteiger partial charge in [0.25, 0.3) is 0 Å². The Morgan fingerprint density at radius 3 is 1.39 bits per heavy atom. The summed E-state index contributed by atoms with van der Waals surface area (Å²) in [4.78, 5) is 90.8. The molecule has 8 rings (SSSR count). The summed E-state index contributed by atoms with van der Waals surface area (Å²) in [5, 5.41) is 37.4. The van der Waals surface area contributed by atoms with Gasteiger partial charge in [0, 0.05) is 44.8 Å². The van der Waals surface area contributed by atoms with E-state index in [4.69, 9.17) is 57.4 Å². The molecule has 466 valence electrons. The largest absolute Gasteiger partial charge is 0.507 e. The lowest BCUT2D eigenvalue weighted by Crippen LogP contribution is -2.41. The van der Waals surface area contributed by atoms with Crippen LogP contribution < -0.4 is 35.3 Å². The number of fused-ring (bicyclic) bond motifs is 2. The number of carbonyl (C=O) groups excluding carboxylic acids is 8. The van der Waals surface area contributed by atoms with Gasteiger partial charge in [-0.3, -0.25) is 19.2 Å². The van der Waals surface area contributed by atoms with Crippen molar-refractivity contribution in [2.45, 2.75) is 71.9 Å². The maximum atomic E-state index is 11.3. The molecule has 0 spiro atoms. The molecule has 24 nitrogen and oxygen atoms in total. The summed E-state index contributed by atoms with van der Waals surface area (Å²) in [6.45, 7) is 10.2. The minimum Gasteiger partial charge on any atom is -0.507 e. The topological polar surface area (TPSA) is 336 Å². The average Bonchev–Trinajstić information content (AvgIpc) is 2.18. The first-order valence-electron chi connectivity index (χ1n) is 25.8. The molecule has 1 saturated heterocycles. The van der Waals surface area contributed by atoms with Crippen LogP contribution in [0.4, 0.5) is 0 Å². The molecule has 3 heterocycles. The molecule has 87 heavy (non-hydrogen) atoms. The zero-order chi connectivity index (χ0) is 65.3. The van der Waals surface area contributed by atoms with Crippen LogP contribution in [-0.4, -0.2) is 155 Å². The second-order valence-corrected chi connectivity index (χ2v) is 20.7. The molecule has 3 aliphatic rings. The number of aromatic hydroxyl groups is 1. The van der Waals surface area contributed by atoms with Crippen LogP contribution in [0.2, 0.25) is 0 Å². The van der Waals surface area contributed by atoms with E-state index in [0.29, 0.717) is 104 Å². The lowest BCUT2D eigenvalue weighted by atomic mass is 9.75. The van der Waals surface area contributed by atoms with Crippen molar-refractivity contribution in [3.63, 3.8) is 0 Å². The SMILES string of the molecule is CCOc1cccc(C=O)c1B1OC(C)(C)C(C)(C)O1.COC(=O)CCCBr.COC(=O)COc1cccc(C=O)c1Br.COC(=O)COc1cccc2c1B(O)OC2.O=C(O)COc1cccc2c1B(O)OC2.O=C=O.O=Cc1cccc(O)c1Br. The number of phenolic OH excluding ortho intramolecular Hbond substituents is 1. The van der Waals surface area contributed by atoms with E-state index in [0.717, 1.165) is 29.2 Å². The van der Waals surface area contributed by atoms with Gasteiger partial charge < -0.3 is 72.0 Å². The van der Waals surface area contributed by atoms with Crippen molar-refractivity contribution in [2.24, 2.45) is 0 Å². The van der Waals surface area contributed by atoms with E-state index in [1.807, 2.05) is 46.8 Å². The zero-order valence-electron chi connectivity index (χ0n) is 48.6. The van der Waals surface area contributed by atoms with E-state index in [1.165, 1.54) is 27.4 Å². The summed E-state index contributed by atoms with van der Waals surface area (Å²) >= 11 is 9.46. The highest BCUT2D eigenvalue weighted by atomic mass is 79.9. The number of methoxy groups -OCH3 is 3. The van der Waals surface area contributed by atoms with Crippen molar-refractivity contribution in [3.05, 3.63) is 128 Å². The molecule has 5 aromatic rings. The molecule has 1 fully saturated rings. The molecule has 0 radical (unpaired) electrons. The van der Waals surface area contributed by atoms with Crippen molar-refractivity contribution >= 4 is 134 Å². The van der Waals surface area contributed by atoms with Gasteiger partial charge in [0.2, 0.25) is 0 Å². The van der Waals surface area contributed by atoms with E-state index in [9.17, 15) is 43.6 Å². The number of halogens is 3. The van der Waals surface area contributed by atoms with Gasteiger partial charge in [-0.1, -0.05) is 76.6 Å². The summed E-state index contributed by atoms with van der Waals surface area (Å²) < 4.78 is 57.4. The van der Waals surface area contributed by atoms with Gasteiger partial charge in [0.05, 0.1) is 61.3 Å². The molecular weight excluding hydrogens is 1340 g/mol. The van der Waals surface area contributed by atoms with Crippen molar-refractivity contribution in [3.8, 4) is 28.7 Å². The third-order valence-electron chi connectivity index (χ3n) is 12.1. The highest BCUT2D eigenvalue weighted by Crippen LogP contribution is 2.37. The number of hydrogen-bond acceptors (Lipinski definition) is 23. The van der Waals surface area contributed by atoms with Crippen molar-refractivity contribution in [1.29, 1.82) is 0 Å². The van der Waals surface area contributed by atoms with Crippen LogP contribution in [0.15, 0.2) is 99.9 Å². The number of aliphatic carboxylic acids is 1. The van der Waals surface area contributed by atoms with E-state index >= 15 is 0 Å². The predicted octanol–water partition coefficient (Wildman–Crippen LogP) is 5.55. The Morgan fingerprint density at radius 2 is 0.977 bits per heavy atom. The molecule has 0 unspecified atom stereocenters. The first kappa shape index (κ1) is 75.9. The number of carbonyl (C=O) groups is 7. The van der Waals surface area contributed by atoms with Crippen LogP contribution in [0.25, 0.3) is 0 Å². The van der Waals surface area contributed by atoms with Crippen LogP contribution in [0.1, 0.15) is 89.7 Å². The summed E-state index contributed by atoms with van der Waals surface area (Å²) in [6, 6.07) is 25.5. The molecule has 3 aliphatic heterocycles. The molecule has 4 N–H and O–H groups in total. The Morgan fingerprint density at radius 1 is 0.586 bits per heavy atom. The van der Waals surface area contributed by atoms with Crippen molar-refractivity contribution in [1.82, 2.24) is 0 Å². The molecule has 0 aromatic heterocycles. The van der Waals surface area contributed by atoms with Crippen LogP contribution in [0, 0.1) is 0 Å². The summed E-state index contributed by atoms with van der Waals surface area (Å²) in [6.07, 6.45) is 3.82. The fourth-order valence-corrected chi connectivity index (χ4v) is 8.22. The first-order chi connectivity index (χ1) is 41.4. The number of carboxylic acids is 1. The van der Waals surface area contributed by atoms with Gasteiger partial charge in [-0.15, -0.1) is 0 Å². The fourth-order valence-electron chi connectivity index (χ4n) is 7.11. The molecule has 0 bridgehead atoms. The Bertz CT molecular complexity index is 3090. The predicted molar refractivity (Wildman–Crippen MR) is 325 cm³/mol. The van der Waals surface area contributed by atoms with Crippen LogP contribution in [-0.2, 0) is 74.8 Å². The molecule has 0 saturated carbocycles. The van der Waals surface area contributed by atoms with Crippen LogP contribution >= 0.6 is 47.8 Å². The first-order valence-corrected chi connectivity index (χ1v) is 28.5. The second kappa shape index (κ2) is 39.5. The molecule has 0 atom stereocenters. The summed E-state index contributed by atoms with van der Waals surface area (Å²) in [5.74, 6) is -0.159. The van der Waals surface area contributed by atoms with Crippen molar-refractivity contribution in [2.75, 3.05) is 53.1 Å². The Kier molecular flexibility index (Phi) is 34.5. The number of carboxylic acid groups (broad SMARTS) is 1. The number of esters is 3. The molecule has 0 amide bonds. The van der Waals surface area contributed by atoms with Gasteiger partial charge in [-0.25, -0.2) is 14.4 Å². The number of aldehydes is 3. The van der Waals surface area contributed by atoms with Gasteiger partial charge >= 0.3 is 51.4 Å². The minimum atomic E-state index is -1.05. The minimum absolute atomic E-state index is 0.0876. The Hall–Kier alpha value is -7.24. The van der Waals surface area contributed by atoms with Gasteiger partial charge in [0.15, 0.2) is 32.4 Å². The number of alkyl halides is 1. The third kappa shape index (κ3) is 24.5. The number of ether oxygens (including phenoxy) is 7. The normalized spacial score (nSPS) is 13.0. The molecule has 5 aromatic carbocycles.